The Morgan fingerprint density at radius 2 is 1.76 bits per heavy atom. The fourth-order valence-corrected chi connectivity index (χ4v) is 4.82. The Bertz CT molecular complexity index is 1160. The number of esters is 1. The smallest absolute Gasteiger partial charge is 0.309 e. The summed E-state index contributed by atoms with van der Waals surface area (Å²) in [7, 11) is 0. The Balaban J connectivity index is 1.71. The molecule has 0 fully saturated rings. The maximum absolute atomic E-state index is 13.4. The van der Waals surface area contributed by atoms with Gasteiger partial charge in [-0.2, -0.15) is 0 Å². The first kappa shape index (κ1) is 32.0. The first-order chi connectivity index (χ1) is 19.5. The Morgan fingerprint density at radius 1 is 1.05 bits per heavy atom. The molecule has 2 amide bonds. The molecule has 4 atom stereocenters. The molecule has 1 aliphatic rings. The lowest BCUT2D eigenvalue weighted by molar-refractivity contribution is -0.151. The summed E-state index contributed by atoms with van der Waals surface area (Å²) >= 11 is 0. The van der Waals surface area contributed by atoms with Crippen LogP contribution in [0.3, 0.4) is 0 Å². The number of hydrogen-bond donors (Lipinski definition) is 3. The number of cyclic esters (lactones) is 1. The predicted molar refractivity (Wildman–Crippen MR) is 156 cm³/mol. The van der Waals surface area contributed by atoms with Crippen LogP contribution in [0.15, 0.2) is 66.7 Å². The van der Waals surface area contributed by atoms with Crippen molar-refractivity contribution >= 4 is 17.8 Å². The van der Waals surface area contributed by atoms with E-state index >= 15 is 0 Å². The summed E-state index contributed by atoms with van der Waals surface area (Å²) in [5, 5.41) is 15.7. The van der Waals surface area contributed by atoms with Gasteiger partial charge in [-0.05, 0) is 60.8 Å². The molecule has 0 saturated carbocycles. The lowest BCUT2D eigenvalue weighted by Gasteiger charge is -2.32. The largest absolute Gasteiger partial charge is 0.463 e. The second-order valence-corrected chi connectivity index (χ2v) is 11.9. The van der Waals surface area contributed by atoms with Crippen LogP contribution in [-0.4, -0.2) is 48.2 Å². The highest BCUT2D eigenvalue weighted by Crippen LogP contribution is 2.24. The van der Waals surface area contributed by atoms with Gasteiger partial charge in [0.25, 0.3) is 0 Å². The molecular formula is C33H43FN2O5. The number of carbonyl (C=O) groups excluding carboxylic acids is 3. The lowest BCUT2D eigenvalue weighted by atomic mass is 9.86. The van der Waals surface area contributed by atoms with Gasteiger partial charge in [-0.25, -0.2) is 4.39 Å². The number of aliphatic hydroxyl groups excluding tert-OH is 1. The van der Waals surface area contributed by atoms with Gasteiger partial charge in [0.15, 0.2) is 0 Å². The van der Waals surface area contributed by atoms with Gasteiger partial charge in [-0.1, -0.05) is 75.4 Å². The van der Waals surface area contributed by atoms with Crippen LogP contribution in [0.25, 0.3) is 0 Å². The topological polar surface area (TPSA) is 105 Å². The van der Waals surface area contributed by atoms with Crippen molar-refractivity contribution in [3.05, 3.63) is 83.7 Å². The Kier molecular flexibility index (Phi) is 12.1. The zero-order valence-corrected chi connectivity index (χ0v) is 24.3. The van der Waals surface area contributed by atoms with E-state index in [1.807, 2.05) is 63.3 Å². The summed E-state index contributed by atoms with van der Waals surface area (Å²) in [5.41, 5.74) is 1.43. The van der Waals surface area contributed by atoms with Gasteiger partial charge in [0.1, 0.15) is 12.4 Å². The van der Waals surface area contributed by atoms with E-state index in [0.29, 0.717) is 32.1 Å². The fourth-order valence-electron chi connectivity index (χ4n) is 4.82. The van der Waals surface area contributed by atoms with Crippen molar-refractivity contribution in [1.29, 1.82) is 0 Å². The summed E-state index contributed by atoms with van der Waals surface area (Å²) in [5.74, 6) is -2.32. The first-order valence-corrected chi connectivity index (χ1v) is 14.4. The van der Waals surface area contributed by atoms with Crippen LogP contribution in [-0.2, 0) is 32.0 Å². The number of aliphatic hydroxyl groups is 1. The van der Waals surface area contributed by atoms with Crippen LogP contribution >= 0.6 is 0 Å². The number of amides is 2. The van der Waals surface area contributed by atoms with Crippen molar-refractivity contribution in [2.75, 3.05) is 13.2 Å². The molecule has 1 aliphatic heterocycles. The minimum Gasteiger partial charge on any atom is -0.463 e. The van der Waals surface area contributed by atoms with E-state index in [2.05, 4.69) is 10.6 Å². The standard InChI is InChI=1S/C33H43FN2O5/c1-33(2,3)29-22-41-32(40)26(18-24-14-16-27(34)17-15-24)13-9-5-8-12-25(31(39)36-29)20-30(38)35-28(21-37)19-23-10-6-4-7-11-23/h4-8,10-11,14-17,25-26,28-29,37H,9,12-13,18-22H2,1-3H3,(H,35,38)(H,36,39)/b8-5+/t25-,26+,28-,29+/m0/s1. The number of rotatable bonds is 8. The van der Waals surface area contributed by atoms with Crippen molar-refractivity contribution < 1.29 is 28.6 Å². The molecule has 0 aromatic heterocycles. The summed E-state index contributed by atoms with van der Waals surface area (Å²) in [4.78, 5) is 39.5. The highest BCUT2D eigenvalue weighted by molar-refractivity contribution is 5.86. The monoisotopic (exact) mass is 566 g/mol. The van der Waals surface area contributed by atoms with Crippen molar-refractivity contribution in [3.63, 3.8) is 0 Å². The van der Waals surface area contributed by atoms with Gasteiger partial charge < -0.3 is 20.5 Å². The number of hydrogen-bond acceptors (Lipinski definition) is 5. The number of allylic oxidation sites excluding steroid dienone is 2. The van der Waals surface area contributed by atoms with E-state index in [0.717, 1.165) is 11.1 Å². The zero-order valence-electron chi connectivity index (χ0n) is 24.3. The van der Waals surface area contributed by atoms with Gasteiger partial charge in [0.05, 0.1) is 30.5 Å². The average Bonchev–Trinajstić information content (AvgIpc) is 2.94. The molecule has 222 valence electrons. The molecule has 1 heterocycles. The molecular weight excluding hydrogens is 523 g/mol. The summed E-state index contributed by atoms with van der Waals surface area (Å²) < 4.78 is 19.1. The molecule has 0 unspecified atom stereocenters. The number of nitrogens with one attached hydrogen (secondary N) is 2. The summed E-state index contributed by atoms with van der Waals surface area (Å²) in [6, 6.07) is 14.8. The summed E-state index contributed by atoms with van der Waals surface area (Å²) in [6.45, 7) is 5.66. The third-order valence-electron chi connectivity index (χ3n) is 7.46. The van der Waals surface area contributed by atoms with Crippen LogP contribution in [0.5, 0.6) is 0 Å². The lowest BCUT2D eigenvalue weighted by Crippen LogP contribution is -2.50. The maximum atomic E-state index is 13.4. The van der Waals surface area contributed by atoms with Gasteiger partial charge in [-0.15, -0.1) is 0 Å². The molecule has 0 aliphatic carbocycles. The Morgan fingerprint density at radius 3 is 2.41 bits per heavy atom. The van der Waals surface area contributed by atoms with Gasteiger partial charge >= 0.3 is 5.97 Å². The number of ether oxygens (including phenoxy) is 1. The molecule has 2 aromatic carbocycles. The molecule has 0 radical (unpaired) electrons. The molecule has 0 spiro atoms. The third-order valence-corrected chi connectivity index (χ3v) is 7.46. The van der Waals surface area contributed by atoms with E-state index in [9.17, 15) is 23.9 Å². The van der Waals surface area contributed by atoms with Crippen molar-refractivity contribution in [2.24, 2.45) is 17.3 Å². The quantitative estimate of drug-likeness (QED) is 0.322. The van der Waals surface area contributed by atoms with E-state index in [1.54, 1.807) is 12.1 Å². The molecule has 2 aromatic rings. The fraction of sp³-hybridized carbons (Fsp3) is 0.485. The Hall–Kier alpha value is -3.52. The maximum Gasteiger partial charge on any atom is 0.309 e. The van der Waals surface area contributed by atoms with E-state index in [1.165, 1.54) is 12.1 Å². The molecule has 8 heteroatoms. The zero-order chi connectivity index (χ0) is 29.8. The van der Waals surface area contributed by atoms with Crippen LogP contribution < -0.4 is 10.6 Å². The average molecular weight is 567 g/mol. The highest BCUT2D eigenvalue weighted by atomic mass is 19.1. The normalized spacial score (nSPS) is 22.2. The van der Waals surface area contributed by atoms with Crippen LogP contribution in [0.1, 0.15) is 57.6 Å². The molecule has 41 heavy (non-hydrogen) atoms. The van der Waals surface area contributed by atoms with Crippen LogP contribution in [0.2, 0.25) is 0 Å². The number of carbonyl (C=O) groups is 3. The third kappa shape index (κ3) is 10.8. The van der Waals surface area contributed by atoms with Crippen molar-refractivity contribution in [2.45, 2.75) is 71.4 Å². The SMILES string of the molecule is CC(C)(C)[C@H]1COC(=O)[C@@H](Cc2ccc(F)cc2)CC/C=C/C[C@@H](CC(=O)N[C@H](CO)Cc2ccccc2)C(=O)N1. The van der Waals surface area contributed by atoms with Crippen LogP contribution in [0, 0.1) is 23.1 Å². The van der Waals surface area contributed by atoms with Gasteiger partial charge in [-0.3, -0.25) is 14.4 Å². The van der Waals surface area contributed by atoms with Gasteiger partial charge in [0.2, 0.25) is 11.8 Å². The first-order valence-electron chi connectivity index (χ1n) is 14.4. The minimum atomic E-state index is -0.626. The number of halogens is 1. The molecule has 0 saturated heterocycles. The molecule has 7 nitrogen and oxygen atoms in total. The summed E-state index contributed by atoms with van der Waals surface area (Å²) in [6.07, 6.45) is 6.17. The number of benzene rings is 2. The van der Waals surface area contributed by atoms with Crippen molar-refractivity contribution in [1.82, 2.24) is 10.6 Å². The molecule has 3 rings (SSSR count). The second-order valence-electron chi connectivity index (χ2n) is 11.9. The van der Waals surface area contributed by atoms with E-state index in [4.69, 9.17) is 4.74 Å². The van der Waals surface area contributed by atoms with Crippen molar-refractivity contribution in [3.8, 4) is 0 Å². The highest BCUT2D eigenvalue weighted by Gasteiger charge is 2.32. The predicted octanol–water partition coefficient (Wildman–Crippen LogP) is 4.52. The van der Waals surface area contributed by atoms with Crippen LogP contribution in [0.4, 0.5) is 4.39 Å². The Labute approximate surface area is 242 Å². The van der Waals surface area contributed by atoms with E-state index < -0.39 is 29.3 Å². The van der Waals surface area contributed by atoms with Gasteiger partial charge in [0, 0.05) is 6.42 Å². The second kappa shape index (κ2) is 15.5. The minimum absolute atomic E-state index is 0.00397. The van der Waals surface area contributed by atoms with E-state index in [-0.39, 0.29) is 43.2 Å². The molecule has 3 N–H and O–H groups in total. The molecule has 0 bridgehead atoms.